The van der Waals surface area contributed by atoms with Crippen LogP contribution in [0.3, 0.4) is 0 Å². The summed E-state index contributed by atoms with van der Waals surface area (Å²) < 4.78 is 32.7. The molecule has 3 aliphatic rings. The summed E-state index contributed by atoms with van der Waals surface area (Å²) in [5.41, 5.74) is 0. The quantitative estimate of drug-likeness (QED) is 0.688. The van der Waals surface area contributed by atoms with Crippen LogP contribution in [0.4, 0.5) is 0 Å². The number of sulfonamides is 1. The highest BCUT2D eigenvalue weighted by molar-refractivity contribution is 7.89. The number of piperazine rings is 1. The third-order valence-corrected chi connectivity index (χ3v) is 5.70. The van der Waals surface area contributed by atoms with Crippen molar-refractivity contribution in [3.63, 3.8) is 0 Å². The second kappa shape index (κ2) is 5.65. The second-order valence-corrected chi connectivity index (χ2v) is 7.62. The standard InChI is InChI=1S/C12H23N3O3S/c16-19(17,8-7-15-5-3-13-4-6-15)14-11-9-10-1-2-12(11)18-10/h10-14H,1-9H2. The van der Waals surface area contributed by atoms with Crippen LogP contribution < -0.4 is 10.0 Å². The van der Waals surface area contributed by atoms with Gasteiger partial charge in [0, 0.05) is 32.7 Å². The number of hydrogen-bond donors (Lipinski definition) is 2. The predicted octanol–water partition coefficient (Wildman–Crippen LogP) is -0.869. The van der Waals surface area contributed by atoms with Crippen molar-refractivity contribution in [2.24, 2.45) is 0 Å². The average Bonchev–Trinajstić information content (AvgIpc) is 2.99. The number of hydrogen-bond acceptors (Lipinski definition) is 5. The molecule has 3 heterocycles. The van der Waals surface area contributed by atoms with Crippen LogP contribution in [0, 0.1) is 0 Å². The van der Waals surface area contributed by atoms with Gasteiger partial charge in [-0.1, -0.05) is 0 Å². The fourth-order valence-electron chi connectivity index (χ4n) is 3.24. The molecule has 3 fully saturated rings. The summed E-state index contributed by atoms with van der Waals surface area (Å²) in [6.07, 6.45) is 3.32. The maximum atomic E-state index is 12.1. The first-order valence-electron chi connectivity index (χ1n) is 7.21. The Morgan fingerprint density at radius 3 is 2.68 bits per heavy atom. The molecule has 110 valence electrons. The van der Waals surface area contributed by atoms with Crippen LogP contribution in [-0.4, -0.2) is 70.0 Å². The van der Waals surface area contributed by atoms with E-state index in [4.69, 9.17) is 4.74 Å². The van der Waals surface area contributed by atoms with Gasteiger partial charge in [0.15, 0.2) is 0 Å². The normalized spacial score (nSPS) is 35.9. The van der Waals surface area contributed by atoms with Gasteiger partial charge >= 0.3 is 0 Å². The molecule has 0 aromatic heterocycles. The number of rotatable bonds is 5. The lowest BCUT2D eigenvalue weighted by atomic mass is 9.96. The van der Waals surface area contributed by atoms with Gasteiger partial charge < -0.3 is 10.1 Å². The Balaban J connectivity index is 1.46. The Labute approximate surface area is 114 Å². The van der Waals surface area contributed by atoms with Gasteiger partial charge in [-0.25, -0.2) is 13.1 Å². The minimum Gasteiger partial charge on any atom is -0.373 e. The molecule has 0 aromatic carbocycles. The highest BCUT2D eigenvalue weighted by Gasteiger charge is 2.42. The topological polar surface area (TPSA) is 70.7 Å². The van der Waals surface area contributed by atoms with E-state index in [1.54, 1.807) is 0 Å². The number of ether oxygens (including phenoxy) is 1. The molecule has 0 saturated carbocycles. The highest BCUT2D eigenvalue weighted by atomic mass is 32.2. The van der Waals surface area contributed by atoms with E-state index in [1.807, 2.05) is 0 Å². The third kappa shape index (κ3) is 3.46. The van der Waals surface area contributed by atoms with E-state index in [0.29, 0.717) is 6.54 Å². The van der Waals surface area contributed by atoms with Gasteiger partial charge in [-0.3, -0.25) is 4.90 Å². The lowest BCUT2D eigenvalue weighted by molar-refractivity contribution is 0.0995. The summed E-state index contributed by atoms with van der Waals surface area (Å²) in [6.45, 7) is 4.40. The molecular formula is C12H23N3O3S. The van der Waals surface area contributed by atoms with Crippen LogP contribution in [-0.2, 0) is 14.8 Å². The van der Waals surface area contributed by atoms with Crippen molar-refractivity contribution in [3.8, 4) is 0 Å². The first-order valence-corrected chi connectivity index (χ1v) is 8.86. The number of nitrogens with one attached hydrogen (secondary N) is 2. The van der Waals surface area contributed by atoms with Gasteiger partial charge in [0.05, 0.1) is 24.0 Å². The molecule has 3 saturated heterocycles. The molecule has 2 N–H and O–H groups in total. The van der Waals surface area contributed by atoms with Crippen LogP contribution >= 0.6 is 0 Å². The van der Waals surface area contributed by atoms with Crippen molar-refractivity contribution < 1.29 is 13.2 Å². The van der Waals surface area contributed by atoms with Crippen LogP contribution in [0.2, 0.25) is 0 Å². The summed E-state index contributed by atoms with van der Waals surface area (Å²) in [4.78, 5) is 2.20. The van der Waals surface area contributed by atoms with E-state index in [1.165, 1.54) is 0 Å². The molecule has 0 aromatic rings. The van der Waals surface area contributed by atoms with Crippen LogP contribution in [0.15, 0.2) is 0 Å². The summed E-state index contributed by atoms with van der Waals surface area (Å²) in [6, 6.07) is 0.00627. The first kappa shape index (κ1) is 13.8. The van der Waals surface area contributed by atoms with Crippen molar-refractivity contribution in [2.75, 3.05) is 38.5 Å². The van der Waals surface area contributed by atoms with E-state index < -0.39 is 10.0 Å². The number of nitrogens with zero attached hydrogens (tertiary/aromatic N) is 1. The predicted molar refractivity (Wildman–Crippen MR) is 72.5 cm³/mol. The monoisotopic (exact) mass is 289 g/mol. The largest absolute Gasteiger partial charge is 0.373 e. The zero-order valence-electron chi connectivity index (χ0n) is 11.2. The fourth-order valence-corrected chi connectivity index (χ4v) is 4.56. The minimum absolute atomic E-state index is 0.00627. The maximum Gasteiger partial charge on any atom is 0.213 e. The Bertz CT molecular complexity index is 408. The van der Waals surface area contributed by atoms with Crippen molar-refractivity contribution in [2.45, 2.75) is 37.5 Å². The molecular weight excluding hydrogens is 266 g/mol. The molecule has 3 rings (SSSR count). The van der Waals surface area contributed by atoms with Gasteiger partial charge in [0.25, 0.3) is 0 Å². The SMILES string of the molecule is O=S(=O)(CCN1CCNCC1)NC1CC2CCC1O2. The second-order valence-electron chi connectivity index (χ2n) is 5.74. The molecule has 2 bridgehead atoms. The first-order chi connectivity index (χ1) is 9.12. The molecule has 7 heteroatoms. The van der Waals surface area contributed by atoms with Crippen molar-refractivity contribution >= 4 is 10.0 Å². The molecule has 3 unspecified atom stereocenters. The average molecular weight is 289 g/mol. The Morgan fingerprint density at radius 2 is 2.05 bits per heavy atom. The molecule has 3 aliphatic heterocycles. The smallest absolute Gasteiger partial charge is 0.213 e. The third-order valence-electron chi connectivity index (χ3n) is 4.32. The van der Waals surface area contributed by atoms with Crippen LogP contribution in [0.25, 0.3) is 0 Å². The van der Waals surface area contributed by atoms with Gasteiger partial charge in [-0.15, -0.1) is 0 Å². The molecule has 3 atom stereocenters. The molecule has 0 radical (unpaired) electrons. The Hall–Kier alpha value is -0.210. The highest BCUT2D eigenvalue weighted by Crippen LogP contribution is 2.34. The molecule has 0 aliphatic carbocycles. The van der Waals surface area contributed by atoms with Gasteiger partial charge in [0.2, 0.25) is 10.0 Å². The summed E-state index contributed by atoms with van der Waals surface area (Å²) in [5.74, 6) is 0.195. The Kier molecular flexibility index (Phi) is 4.09. The van der Waals surface area contributed by atoms with Crippen LogP contribution in [0.5, 0.6) is 0 Å². The van der Waals surface area contributed by atoms with E-state index in [9.17, 15) is 8.42 Å². The van der Waals surface area contributed by atoms with E-state index >= 15 is 0 Å². The van der Waals surface area contributed by atoms with Gasteiger partial charge in [-0.05, 0) is 19.3 Å². The zero-order valence-corrected chi connectivity index (χ0v) is 12.0. The lowest BCUT2D eigenvalue weighted by Crippen LogP contribution is -2.47. The fraction of sp³-hybridized carbons (Fsp3) is 1.00. The van der Waals surface area contributed by atoms with Crippen molar-refractivity contribution in [3.05, 3.63) is 0 Å². The summed E-state index contributed by atoms with van der Waals surface area (Å²) >= 11 is 0. The van der Waals surface area contributed by atoms with Crippen LogP contribution in [0.1, 0.15) is 19.3 Å². The van der Waals surface area contributed by atoms with Crippen molar-refractivity contribution in [1.82, 2.24) is 14.9 Å². The minimum atomic E-state index is -3.18. The summed E-state index contributed by atoms with van der Waals surface area (Å²) in [7, 11) is -3.18. The maximum absolute atomic E-state index is 12.1. The molecule has 0 spiro atoms. The van der Waals surface area contributed by atoms with E-state index in [2.05, 4.69) is 14.9 Å². The van der Waals surface area contributed by atoms with E-state index in [0.717, 1.165) is 45.4 Å². The van der Waals surface area contributed by atoms with E-state index in [-0.39, 0.29) is 24.0 Å². The van der Waals surface area contributed by atoms with Crippen molar-refractivity contribution in [1.29, 1.82) is 0 Å². The van der Waals surface area contributed by atoms with Gasteiger partial charge in [-0.2, -0.15) is 0 Å². The number of fused-ring (bicyclic) bond motifs is 2. The van der Waals surface area contributed by atoms with Gasteiger partial charge in [0.1, 0.15) is 0 Å². The zero-order chi connectivity index (χ0) is 13.3. The molecule has 0 amide bonds. The molecule has 19 heavy (non-hydrogen) atoms. The Morgan fingerprint density at radius 1 is 1.26 bits per heavy atom. The summed E-state index contributed by atoms with van der Waals surface area (Å²) in [5, 5.41) is 3.27. The molecule has 6 nitrogen and oxygen atoms in total. The lowest BCUT2D eigenvalue weighted by Gasteiger charge is -2.27.